The molecule has 14 aliphatic rings. The predicted octanol–water partition coefficient (Wildman–Crippen LogP) is 33.6. The largest absolute Gasteiger partial charge is 0.380 e. The number of likely N-dealkylation sites (tertiary alicyclic amines) is 9. The van der Waals surface area contributed by atoms with Crippen LogP contribution in [0.15, 0.2) is 0 Å². The summed E-state index contributed by atoms with van der Waals surface area (Å²) in [6.07, 6.45) is 77.8. The lowest BCUT2D eigenvalue weighted by atomic mass is 9.79. The van der Waals surface area contributed by atoms with Crippen LogP contribution in [0.4, 0.5) is 0 Å². The summed E-state index contributed by atoms with van der Waals surface area (Å²) in [7, 11) is 0. The third kappa shape index (κ3) is 69.3. The Morgan fingerprint density at radius 3 is 0.838 bits per heavy atom. The maximum Gasteiger partial charge on any atom is 0.0701 e. The molecule has 0 unspecified atom stereocenters. The van der Waals surface area contributed by atoms with Gasteiger partial charge in [-0.15, -0.1) is 0 Å². The molecule has 0 spiro atoms. The van der Waals surface area contributed by atoms with Gasteiger partial charge in [0.25, 0.3) is 0 Å². The molecule has 0 aromatic heterocycles. The Bertz CT molecular complexity index is 2890. The summed E-state index contributed by atoms with van der Waals surface area (Å²) in [6, 6.07) is 1.90. The van der Waals surface area contributed by atoms with Crippen LogP contribution in [-0.4, -0.2) is 259 Å². The molecule has 14 fully saturated rings. The minimum Gasteiger partial charge on any atom is -0.380 e. The van der Waals surface area contributed by atoms with Crippen molar-refractivity contribution in [3.05, 3.63) is 0 Å². The van der Waals surface area contributed by atoms with Crippen LogP contribution in [-0.2, 0) is 14.2 Å². The molecule has 9 aliphatic heterocycles. The van der Waals surface area contributed by atoms with E-state index in [1.807, 2.05) is 0 Å². The lowest BCUT2D eigenvalue weighted by molar-refractivity contribution is 0.0164. The molecule has 0 atom stereocenters. The molecule has 12 nitrogen and oxygen atoms in total. The maximum atomic E-state index is 5.67. The van der Waals surface area contributed by atoms with Crippen LogP contribution in [0.25, 0.3) is 0 Å². The fourth-order valence-corrected chi connectivity index (χ4v) is 26.0. The summed E-state index contributed by atoms with van der Waals surface area (Å²) in [5.41, 5.74) is 3.92. The van der Waals surface area contributed by atoms with Crippen LogP contribution in [0.5, 0.6) is 0 Å². The molecule has 0 radical (unpaired) electrons. The van der Waals surface area contributed by atoms with Crippen molar-refractivity contribution in [1.29, 1.82) is 0 Å². The van der Waals surface area contributed by atoms with Gasteiger partial charge >= 0.3 is 0 Å². The topological polar surface area (TPSA) is 56.9 Å². The van der Waals surface area contributed by atoms with E-state index in [1.165, 1.54) is 484 Å². The smallest absolute Gasteiger partial charge is 0.0701 e. The summed E-state index contributed by atoms with van der Waals surface area (Å²) >= 11 is 0. The molecule has 9 saturated heterocycles. The second-order valence-electron chi connectivity index (χ2n) is 60.0. The summed E-state index contributed by atoms with van der Waals surface area (Å²) in [5.74, 6) is 9.01. The number of ether oxygens (including phenoxy) is 3. The van der Waals surface area contributed by atoms with Crippen molar-refractivity contribution in [3.8, 4) is 0 Å². The molecule has 0 aromatic carbocycles. The Morgan fingerprint density at radius 2 is 0.493 bits per heavy atom. The Balaban J connectivity index is 0.000000245. The first kappa shape index (κ1) is 130. The number of rotatable bonds is 33. The van der Waals surface area contributed by atoms with Crippen molar-refractivity contribution < 1.29 is 14.2 Å². The highest BCUT2D eigenvalue weighted by Crippen LogP contribution is 2.40. The molecule has 12 heteroatoms. The molecule has 5 aliphatic carbocycles. The van der Waals surface area contributed by atoms with Gasteiger partial charge in [-0.1, -0.05) is 302 Å². The molecule has 0 amide bonds. The molecule has 14 rings (SSSR count). The van der Waals surface area contributed by atoms with E-state index in [2.05, 4.69) is 224 Å². The zero-order valence-corrected chi connectivity index (χ0v) is 102. The molecule has 5 saturated carbocycles. The van der Waals surface area contributed by atoms with Gasteiger partial charge in [-0.3, -0.25) is 4.90 Å². The van der Waals surface area contributed by atoms with Crippen LogP contribution >= 0.6 is 0 Å². The Morgan fingerprint density at radius 1 is 0.204 bits per heavy atom. The fraction of sp³-hybridized carbons (Fsp3) is 1.00. The van der Waals surface area contributed by atoms with E-state index in [9.17, 15) is 0 Å². The van der Waals surface area contributed by atoms with E-state index in [0.29, 0.717) is 43.3 Å². The third-order valence-electron chi connectivity index (χ3n) is 34.6. The third-order valence-corrected chi connectivity index (χ3v) is 34.6. The van der Waals surface area contributed by atoms with E-state index < -0.39 is 0 Å². The summed E-state index contributed by atoms with van der Waals surface area (Å²) in [4.78, 5) is 24.1. The quantitative estimate of drug-likeness (QED) is 0.0588. The van der Waals surface area contributed by atoms with Crippen molar-refractivity contribution in [2.75, 3.05) is 203 Å². The van der Waals surface area contributed by atoms with E-state index >= 15 is 0 Å². The van der Waals surface area contributed by atoms with Crippen LogP contribution in [0, 0.1) is 96.6 Å². The fourth-order valence-electron chi connectivity index (χ4n) is 26.0. The lowest BCUT2D eigenvalue weighted by Gasteiger charge is -2.47. The van der Waals surface area contributed by atoms with Crippen molar-refractivity contribution in [1.82, 2.24) is 44.1 Å². The van der Waals surface area contributed by atoms with Crippen molar-refractivity contribution in [3.63, 3.8) is 0 Å². The normalized spacial score (nSPS) is 23.3. The lowest BCUT2D eigenvalue weighted by Crippen LogP contribution is -2.53. The van der Waals surface area contributed by atoms with Gasteiger partial charge in [0.1, 0.15) is 0 Å². The Labute approximate surface area is 891 Å². The molecule has 9 heterocycles. The minimum atomic E-state index is 0.370. The summed E-state index contributed by atoms with van der Waals surface area (Å²) in [6.45, 7) is 99.2. The van der Waals surface area contributed by atoms with Gasteiger partial charge in [-0.25, -0.2) is 0 Å². The van der Waals surface area contributed by atoms with Crippen molar-refractivity contribution in [2.45, 2.75) is 539 Å². The number of piperidine rings is 7. The second kappa shape index (κ2) is 71.6. The highest BCUT2D eigenvalue weighted by atomic mass is 16.5. The van der Waals surface area contributed by atoms with E-state index in [-0.39, 0.29) is 0 Å². The van der Waals surface area contributed by atoms with Gasteiger partial charge in [0, 0.05) is 84.2 Å². The van der Waals surface area contributed by atoms with Gasteiger partial charge in [0.05, 0.1) is 26.4 Å². The highest BCUT2D eigenvalue weighted by molar-refractivity contribution is 4.91. The maximum absolute atomic E-state index is 5.67. The van der Waals surface area contributed by atoms with Gasteiger partial charge in [-0.2, -0.15) is 0 Å². The summed E-state index contributed by atoms with van der Waals surface area (Å²) < 4.78 is 16.8. The van der Waals surface area contributed by atoms with Crippen molar-refractivity contribution >= 4 is 0 Å². The highest BCUT2D eigenvalue weighted by Gasteiger charge is 2.37. The van der Waals surface area contributed by atoms with Crippen molar-refractivity contribution in [2.24, 2.45) is 96.6 Å². The average Bonchev–Trinajstić information content (AvgIpc) is 0.813. The molecule has 0 N–H and O–H groups in total. The zero-order valence-electron chi connectivity index (χ0n) is 102. The Kier molecular flexibility index (Phi) is 65.6. The van der Waals surface area contributed by atoms with E-state index in [0.717, 1.165) is 131 Å². The standard InChI is InChI=1S/C18H35N.C17H33N.C16H31N.C15H31NO2.2C14H27N.C13H27NO.C12H25N.C11H23N/c1-18(2,3)12-9-16-10-13-19(14-11-16)15-17-7-5-4-6-8-17;1-17(2,3)13-15-9-11-18(12-10-15)14-16-7-5-4-6-8-16;1-16(2,3)13-14-9-11-17(12-10-14)15-7-5-4-6-8-15;1-15(2,3)7-11-17-13-14-18-12-10-16-8-5-4-6-9-16;1-14(2,3)9-12-10-15(11-12)13-7-5-4-6-8-13;1-12(2)8-14-10-15(11-14)9-13-6-4-3-5-7-13;1-13(2,3)7-11-15-12-10-14-8-5-4-6-9-14;1-12(2,3)8-7-11-13-9-5-4-6-10-13;1-11(2,3)7-10-12-8-5-4-6-9-12/h16-17H,4-15H2,1-3H3;15-16H,4-14H2,1-3H3;14-15H,4-13H2,1-3H3;4-14H2,1-3H3;12-13H,4-11H2,1-3H3;12-14H,3-11H2,1-2H3;4-12H2,1-3H3;4-11H2,1-3H3;4-10H2,1-3H3. The number of hydrogen-bond donors (Lipinski definition) is 0. The Hall–Kier alpha value is -0.480. The van der Waals surface area contributed by atoms with Gasteiger partial charge in [0.15, 0.2) is 0 Å². The second-order valence-corrected chi connectivity index (χ2v) is 60.0. The number of nitrogens with zero attached hydrogens (tertiary/aromatic N) is 9. The molecule has 0 aromatic rings. The SMILES string of the molecule is CC(C)(C)CC1CCN(C2CCCCC2)CC1.CC(C)(C)CC1CCN(CC2CCCCC2)CC1.CC(C)(C)CC1CN(C2CCCCC2)C1.CC(C)(C)CCC1CCN(CC2CCCCC2)CC1.CC(C)(C)CCCN1CCCCC1.CC(C)(C)CCN1CCCCC1.CC(C)(C)CCOCCN1CCCCC1.CC(C)(C)CCOCCOCCN1CCCCC1.CC(C)CC1CN(CC2CCCCC2)C1. The molecule has 0 bridgehead atoms. The van der Waals surface area contributed by atoms with Crippen LogP contribution < -0.4 is 0 Å². The van der Waals surface area contributed by atoms with E-state index in [1.54, 1.807) is 0 Å². The monoisotopic (exact) mass is 2000 g/mol. The molecule has 842 valence electrons. The van der Waals surface area contributed by atoms with Crippen LogP contribution in [0.1, 0.15) is 527 Å². The first-order valence-corrected chi connectivity index (χ1v) is 63.5. The van der Waals surface area contributed by atoms with E-state index in [4.69, 9.17) is 14.2 Å². The van der Waals surface area contributed by atoms with Crippen LogP contribution in [0.3, 0.4) is 0 Å². The summed E-state index contributed by atoms with van der Waals surface area (Å²) in [5, 5.41) is 0. The molecule has 142 heavy (non-hydrogen) atoms. The first-order chi connectivity index (χ1) is 67.2. The predicted molar refractivity (Wildman–Crippen MR) is 626 cm³/mol. The van der Waals surface area contributed by atoms with Gasteiger partial charge < -0.3 is 53.4 Å². The first-order valence-electron chi connectivity index (χ1n) is 63.5. The van der Waals surface area contributed by atoms with Gasteiger partial charge in [-0.05, 0) is 426 Å². The number of hydrogen-bond acceptors (Lipinski definition) is 12. The molecular weight excluding hydrogens is 1740 g/mol. The average molecular weight is 2000 g/mol. The minimum absolute atomic E-state index is 0.370. The van der Waals surface area contributed by atoms with Gasteiger partial charge in [0.2, 0.25) is 0 Å². The zero-order chi connectivity index (χ0) is 104. The molecular formula is C130H259N9O3. The van der Waals surface area contributed by atoms with Crippen LogP contribution in [0.2, 0.25) is 0 Å².